The summed E-state index contributed by atoms with van der Waals surface area (Å²) in [6, 6.07) is 19.6. The third kappa shape index (κ3) is 4.88. The lowest BCUT2D eigenvalue weighted by Crippen LogP contribution is -2.08. The molecular weight excluding hydrogens is 336 g/mol. The summed E-state index contributed by atoms with van der Waals surface area (Å²) in [6.45, 7) is 6.95. The van der Waals surface area contributed by atoms with E-state index in [1.807, 2.05) is 36.4 Å². The number of fused-ring (bicyclic) bond motifs is 1. The van der Waals surface area contributed by atoms with Gasteiger partial charge in [0.2, 0.25) is 0 Å². The van der Waals surface area contributed by atoms with Crippen molar-refractivity contribution in [1.29, 1.82) is 0 Å². The van der Waals surface area contributed by atoms with Gasteiger partial charge in [0.1, 0.15) is 17.9 Å². The summed E-state index contributed by atoms with van der Waals surface area (Å²) in [4.78, 5) is 11.6. The van der Waals surface area contributed by atoms with Crippen LogP contribution in [0.15, 0.2) is 60.7 Å². The SMILES string of the molecule is CC(C)(C)CCc1ccc(C(=O)O)c(OCc2cccc3ccccc23)c1. The molecule has 3 heteroatoms. The van der Waals surface area contributed by atoms with Crippen molar-refractivity contribution < 1.29 is 14.6 Å². The van der Waals surface area contributed by atoms with Crippen molar-refractivity contribution in [2.75, 3.05) is 0 Å². The summed E-state index contributed by atoms with van der Waals surface area (Å²) < 4.78 is 5.98. The van der Waals surface area contributed by atoms with Crippen LogP contribution >= 0.6 is 0 Å². The zero-order chi connectivity index (χ0) is 19.4. The molecule has 27 heavy (non-hydrogen) atoms. The van der Waals surface area contributed by atoms with Gasteiger partial charge in [-0.05, 0) is 52.3 Å². The van der Waals surface area contributed by atoms with Gasteiger partial charge in [0.15, 0.2) is 0 Å². The van der Waals surface area contributed by atoms with Crippen LogP contribution in [0, 0.1) is 5.41 Å². The molecule has 0 aromatic heterocycles. The number of hydrogen-bond donors (Lipinski definition) is 1. The molecule has 0 fully saturated rings. The monoisotopic (exact) mass is 362 g/mol. The van der Waals surface area contributed by atoms with Gasteiger partial charge in [0.05, 0.1) is 0 Å². The van der Waals surface area contributed by atoms with E-state index in [1.165, 1.54) is 0 Å². The van der Waals surface area contributed by atoms with E-state index in [4.69, 9.17) is 4.74 Å². The number of benzene rings is 3. The highest BCUT2D eigenvalue weighted by Gasteiger charge is 2.15. The lowest BCUT2D eigenvalue weighted by atomic mass is 9.88. The Morgan fingerprint density at radius 3 is 2.48 bits per heavy atom. The van der Waals surface area contributed by atoms with E-state index in [0.29, 0.717) is 12.4 Å². The molecule has 3 nitrogen and oxygen atoms in total. The topological polar surface area (TPSA) is 46.5 Å². The van der Waals surface area contributed by atoms with Gasteiger partial charge in [-0.1, -0.05) is 69.3 Å². The zero-order valence-corrected chi connectivity index (χ0v) is 16.2. The van der Waals surface area contributed by atoms with E-state index < -0.39 is 5.97 Å². The van der Waals surface area contributed by atoms with Crippen molar-refractivity contribution in [3.8, 4) is 5.75 Å². The van der Waals surface area contributed by atoms with Gasteiger partial charge < -0.3 is 9.84 Å². The Hall–Kier alpha value is -2.81. The van der Waals surface area contributed by atoms with Crippen LogP contribution in [0.5, 0.6) is 5.75 Å². The largest absolute Gasteiger partial charge is 0.488 e. The summed E-state index contributed by atoms with van der Waals surface area (Å²) in [5.74, 6) is -0.535. The lowest BCUT2D eigenvalue weighted by molar-refractivity contribution is 0.0691. The summed E-state index contributed by atoms with van der Waals surface area (Å²) in [6.07, 6.45) is 1.93. The van der Waals surface area contributed by atoms with Gasteiger partial charge >= 0.3 is 5.97 Å². The average Bonchev–Trinajstić information content (AvgIpc) is 2.64. The molecule has 0 aliphatic heterocycles. The molecular formula is C24H26O3. The van der Waals surface area contributed by atoms with Crippen LogP contribution in [0.4, 0.5) is 0 Å². The molecule has 3 rings (SSSR count). The Labute approximate surface area is 160 Å². The van der Waals surface area contributed by atoms with Crippen LogP contribution in [0.3, 0.4) is 0 Å². The first-order chi connectivity index (χ1) is 12.8. The molecule has 1 N–H and O–H groups in total. The molecule has 0 aliphatic rings. The van der Waals surface area contributed by atoms with Crippen molar-refractivity contribution in [2.45, 2.75) is 40.2 Å². The predicted octanol–water partition coefficient (Wildman–Crippen LogP) is 6.10. The molecule has 0 atom stereocenters. The molecule has 0 radical (unpaired) electrons. The van der Waals surface area contributed by atoms with E-state index in [2.05, 4.69) is 39.0 Å². The smallest absolute Gasteiger partial charge is 0.339 e. The van der Waals surface area contributed by atoms with Crippen molar-refractivity contribution in [3.63, 3.8) is 0 Å². The number of rotatable bonds is 6. The maximum Gasteiger partial charge on any atom is 0.339 e. The molecule has 0 saturated carbocycles. The highest BCUT2D eigenvalue weighted by molar-refractivity contribution is 5.91. The van der Waals surface area contributed by atoms with Crippen molar-refractivity contribution in [1.82, 2.24) is 0 Å². The van der Waals surface area contributed by atoms with Crippen molar-refractivity contribution in [3.05, 3.63) is 77.4 Å². The number of carbonyl (C=O) groups is 1. The molecule has 3 aromatic carbocycles. The Kier molecular flexibility index (Phi) is 5.50. The fraction of sp³-hybridized carbons (Fsp3) is 0.292. The first-order valence-electron chi connectivity index (χ1n) is 9.29. The summed E-state index contributed by atoms with van der Waals surface area (Å²) in [5, 5.41) is 11.8. The predicted molar refractivity (Wildman–Crippen MR) is 109 cm³/mol. The lowest BCUT2D eigenvalue weighted by Gasteiger charge is -2.18. The second-order valence-electron chi connectivity index (χ2n) is 8.12. The molecule has 0 unspecified atom stereocenters. The Morgan fingerprint density at radius 2 is 1.74 bits per heavy atom. The minimum Gasteiger partial charge on any atom is -0.488 e. The summed E-state index contributed by atoms with van der Waals surface area (Å²) in [7, 11) is 0. The zero-order valence-electron chi connectivity index (χ0n) is 16.2. The molecule has 0 bridgehead atoms. The van der Waals surface area contributed by atoms with Gasteiger partial charge in [-0.2, -0.15) is 0 Å². The maximum absolute atomic E-state index is 11.6. The van der Waals surface area contributed by atoms with Crippen molar-refractivity contribution in [2.24, 2.45) is 5.41 Å². The van der Waals surface area contributed by atoms with E-state index in [1.54, 1.807) is 6.07 Å². The standard InChI is InChI=1S/C24H26O3/c1-24(2,3)14-13-17-11-12-21(23(25)26)22(15-17)27-16-19-9-6-8-18-7-4-5-10-20(18)19/h4-12,15H,13-14,16H2,1-3H3,(H,25,26). The molecule has 0 aliphatic carbocycles. The van der Waals surface area contributed by atoms with Crippen LogP contribution in [-0.2, 0) is 13.0 Å². The second-order valence-corrected chi connectivity index (χ2v) is 8.12. The maximum atomic E-state index is 11.6. The first-order valence-corrected chi connectivity index (χ1v) is 9.29. The van der Waals surface area contributed by atoms with Gasteiger partial charge in [-0.25, -0.2) is 4.79 Å². The molecule has 140 valence electrons. The molecule has 0 amide bonds. The van der Waals surface area contributed by atoms with Gasteiger partial charge in [0.25, 0.3) is 0 Å². The molecule has 0 spiro atoms. The average molecular weight is 362 g/mol. The van der Waals surface area contributed by atoms with Gasteiger partial charge in [-0.3, -0.25) is 0 Å². The van der Waals surface area contributed by atoms with E-state index in [9.17, 15) is 9.90 Å². The number of ether oxygens (including phenoxy) is 1. The van der Waals surface area contributed by atoms with Crippen molar-refractivity contribution >= 4 is 16.7 Å². The normalized spacial score (nSPS) is 11.5. The number of carboxylic acid groups (broad SMARTS) is 1. The number of aryl methyl sites for hydroxylation is 1. The Morgan fingerprint density at radius 1 is 1.00 bits per heavy atom. The van der Waals surface area contributed by atoms with Crippen LogP contribution < -0.4 is 4.74 Å². The minimum atomic E-state index is -0.967. The first kappa shape index (κ1) is 19.0. The summed E-state index contributed by atoms with van der Waals surface area (Å²) >= 11 is 0. The van der Waals surface area contributed by atoms with Gasteiger partial charge in [-0.15, -0.1) is 0 Å². The van der Waals surface area contributed by atoms with E-state index >= 15 is 0 Å². The third-order valence-electron chi connectivity index (χ3n) is 4.70. The number of hydrogen-bond acceptors (Lipinski definition) is 2. The summed E-state index contributed by atoms with van der Waals surface area (Å²) in [5.41, 5.74) is 2.58. The van der Waals surface area contributed by atoms with Crippen LogP contribution in [0.2, 0.25) is 0 Å². The molecule has 0 saturated heterocycles. The van der Waals surface area contributed by atoms with Crippen LogP contribution in [0.1, 0.15) is 48.7 Å². The second kappa shape index (κ2) is 7.83. The molecule has 3 aromatic rings. The van der Waals surface area contributed by atoms with Gasteiger partial charge in [0, 0.05) is 0 Å². The van der Waals surface area contributed by atoms with E-state index in [0.717, 1.165) is 34.7 Å². The Balaban J connectivity index is 1.84. The quantitative estimate of drug-likeness (QED) is 0.576. The van der Waals surface area contributed by atoms with Crippen LogP contribution in [0.25, 0.3) is 10.8 Å². The third-order valence-corrected chi connectivity index (χ3v) is 4.70. The minimum absolute atomic E-state index is 0.203. The molecule has 0 heterocycles. The fourth-order valence-electron chi connectivity index (χ4n) is 3.11. The van der Waals surface area contributed by atoms with Crippen LogP contribution in [-0.4, -0.2) is 11.1 Å². The Bertz CT molecular complexity index is 946. The highest BCUT2D eigenvalue weighted by Crippen LogP contribution is 2.27. The highest BCUT2D eigenvalue weighted by atomic mass is 16.5. The van der Waals surface area contributed by atoms with E-state index in [-0.39, 0.29) is 11.0 Å². The number of carboxylic acids is 1. The number of aromatic carboxylic acids is 1. The fourth-order valence-corrected chi connectivity index (χ4v) is 3.11.